The van der Waals surface area contributed by atoms with Gasteiger partial charge in [0.05, 0.1) is 17.3 Å². The Balaban J connectivity index is 1.95. The van der Waals surface area contributed by atoms with Crippen LogP contribution in [0.25, 0.3) is 0 Å². The zero-order valence-electron chi connectivity index (χ0n) is 18.5. The molecule has 0 spiro atoms. The second-order valence-corrected chi connectivity index (χ2v) is 10.7. The third-order valence-corrected chi connectivity index (χ3v) is 6.77. The first kappa shape index (κ1) is 25.5. The topological polar surface area (TPSA) is 93.7 Å². The molecule has 0 aromatic heterocycles. The first-order chi connectivity index (χ1) is 14.7. The molecule has 0 bridgehead atoms. The lowest BCUT2D eigenvalue weighted by molar-refractivity contribution is -0.123. The molecule has 1 aliphatic rings. The molecule has 1 aromatic rings. The van der Waals surface area contributed by atoms with Crippen molar-refractivity contribution in [3.8, 4) is 23.3 Å². The van der Waals surface area contributed by atoms with Crippen LogP contribution < -0.4 is 19.5 Å². The average Bonchev–Trinajstić information content (AvgIpc) is 3.54. The summed E-state index contributed by atoms with van der Waals surface area (Å²) < 4.78 is 38.1. The number of nitrogens with one attached hydrogen (secondary N) is 2. The van der Waals surface area contributed by atoms with E-state index in [4.69, 9.17) is 9.47 Å². The van der Waals surface area contributed by atoms with Crippen molar-refractivity contribution in [1.29, 1.82) is 0 Å². The smallest absolute Gasteiger partial charge is 0.238 e. The van der Waals surface area contributed by atoms with Crippen molar-refractivity contribution < 1.29 is 22.7 Å². The largest absolute Gasteiger partial charge is 0.493 e. The number of rotatable bonds is 11. The maximum atomic E-state index is 12.5. The summed E-state index contributed by atoms with van der Waals surface area (Å²) in [5, 5.41) is 2.82. The van der Waals surface area contributed by atoms with Gasteiger partial charge in [0.2, 0.25) is 15.9 Å². The van der Waals surface area contributed by atoms with Crippen molar-refractivity contribution in [2.75, 3.05) is 26.0 Å². The number of hydrogen-bond donors (Lipinski definition) is 2. The second-order valence-electron chi connectivity index (χ2n) is 7.78. The van der Waals surface area contributed by atoms with Crippen LogP contribution in [0.3, 0.4) is 0 Å². The van der Waals surface area contributed by atoms with E-state index in [0.717, 1.165) is 10.0 Å². The van der Waals surface area contributed by atoms with Gasteiger partial charge in [-0.3, -0.25) is 4.79 Å². The fourth-order valence-corrected chi connectivity index (χ4v) is 4.33. The molecule has 31 heavy (non-hydrogen) atoms. The molecule has 0 radical (unpaired) electrons. The fraction of sp³-hybridized carbons (Fsp3) is 0.591. The van der Waals surface area contributed by atoms with E-state index in [9.17, 15) is 13.2 Å². The van der Waals surface area contributed by atoms with E-state index >= 15 is 0 Å². The van der Waals surface area contributed by atoms with Crippen LogP contribution in [0.5, 0.6) is 11.5 Å². The molecule has 1 atom stereocenters. The minimum atomic E-state index is -3.47. The number of carbonyl (C=O) groups excluding carboxylic acids is 1. The molecular weight excluding hydrogens is 484 g/mol. The summed E-state index contributed by atoms with van der Waals surface area (Å²) in [4.78, 5) is 12.5. The van der Waals surface area contributed by atoms with E-state index in [-0.39, 0.29) is 17.6 Å². The molecule has 1 amide bonds. The van der Waals surface area contributed by atoms with Gasteiger partial charge in [-0.2, -0.15) is 0 Å². The third kappa shape index (κ3) is 8.36. The summed E-state index contributed by atoms with van der Waals surface area (Å²) in [6, 6.07) is 2.97. The first-order valence-electron chi connectivity index (χ1n) is 10.4. The van der Waals surface area contributed by atoms with Gasteiger partial charge in [0, 0.05) is 12.5 Å². The number of halogens is 1. The molecule has 2 rings (SSSR count). The van der Waals surface area contributed by atoms with Crippen LogP contribution in [0.1, 0.15) is 39.2 Å². The molecule has 7 nitrogen and oxygen atoms in total. The number of amides is 1. The Bertz CT molecular complexity index is 933. The van der Waals surface area contributed by atoms with E-state index in [2.05, 4.69) is 37.8 Å². The quantitative estimate of drug-likeness (QED) is 0.442. The molecule has 9 heteroatoms. The van der Waals surface area contributed by atoms with Gasteiger partial charge < -0.3 is 14.8 Å². The summed E-state index contributed by atoms with van der Waals surface area (Å²) in [5.74, 6) is 7.30. The lowest BCUT2D eigenvalue weighted by atomic mass is 10.0. The first-order valence-corrected chi connectivity index (χ1v) is 12.9. The van der Waals surface area contributed by atoms with Crippen LogP contribution in [-0.2, 0) is 21.2 Å². The Morgan fingerprint density at radius 1 is 1.32 bits per heavy atom. The summed E-state index contributed by atoms with van der Waals surface area (Å²) >= 11 is 3.52. The van der Waals surface area contributed by atoms with Crippen molar-refractivity contribution in [1.82, 2.24) is 10.0 Å². The van der Waals surface area contributed by atoms with Crippen LogP contribution in [-0.4, -0.2) is 46.4 Å². The van der Waals surface area contributed by atoms with Gasteiger partial charge in [0.25, 0.3) is 0 Å². The Labute approximate surface area is 193 Å². The number of hydrogen-bond acceptors (Lipinski definition) is 5. The van der Waals surface area contributed by atoms with Gasteiger partial charge in [0.1, 0.15) is 12.6 Å². The maximum absolute atomic E-state index is 12.5. The Kier molecular flexibility index (Phi) is 9.66. The SMILES string of the molecule is CCS(=O)(=O)NC(C(=O)NCCc1cc(Br)c(OCC#CC2CC2)c(OC)c1)C(C)C. The zero-order valence-corrected chi connectivity index (χ0v) is 20.9. The molecule has 0 aliphatic heterocycles. The van der Waals surface area contributed by atoms with Gasteiger partial charge in [-0.25, -0.2) is 13.1 Å². The Morgan fingerprint density at radius 2 is 2.03 bits per heavy atom. The van der Waals surface area contributed by atoms with Crippen LogP contribution in [0, 0.1) is 23.7 Å². The fourth-order valence-electron chi connectivity index (χ4n) is 2.79. The summed E-state index contributed by atoms with van der Waals surface area (Å²) in [5.41, 5.74) is 0.940. The van der Waals surface area contributed by atoms with Gasteiger partial charge >= 0.3 is 0 Å². The van der Waals surface area contributed by atoms with Crippen LogP contribution in [0.15, 0.2) is 16.6 Å². The minimum absolute atomic E-state index is 0.0715. The summed E-state index contributed by atoms with van der Waals surface area (Å²) in [7, 11) is -1.90. The highest BCUT2D eigenvalue weighted by Gasteiger charge is 2.26. The Morgan fingerprint density at radius 3 is 2.61 bits per heavy atom. The van der Waals surface area contributed by atoms with E-state index in [1.165, 1.54) is 19.8 Å². The lowest BCUT2D eigenvalue weighted by Crippen LogP contribution is -2.50. The van der Waals surface area contributed by atoms with Crippen LogP contribution in [0.4, 0.5) is 0 Å². The van der Waals surface area contributed by atoms with Gasteiger partial charge in [-0.15, -0.1) is 0 Å². The van der Waals surface area contributed by atoms with E-state index < -0.39 is 16.1 Å². The van der Waals surface area contributed by atoms with Crippen LogP contribution in [0.2, 0.25) is 0 Å². The molecule has 0 saturated heterocycles. The monoisotopic (exact) mass is 514 g/mol. The highest BCUT2D eigenvalue weighted by atomic mass is 79.9. The van der Waals surface area contributed by atoms with E-state index in [1.807, 2.05) is 12.1 Å². The van der Waals surface area contributed by atoms with E-state index in [0.29, 0.717) is 37.0 Å². The summed E-state index contributed by atoms with van der Waals surface area (Å²) in [6.45, 7) is 5.80. The second kappa shape index (κ2) is 11.7. The van der Waals surface area contributed by atoms with Crippen LogP contribution >= 0.6 is 15.9 Å². The molecule has 172 valence electrons. The molecule has 1 unspecified atom stereocenters. The van der Waals surface area contributed by atoms with Crippen molar-refractivity contribution in [2.45, 2.75) is 46.1 Å². The number of methoxy groups -OCH3 is 1. The van der Waals surface area contributed by atoms with Crippen molar-refractivity contribution in [3.63, 3.8) is 0 Å². The molecule has 0 heterocycles. The predicted octanol–water partition coefficient (Wildman–Crippen LogP) is 2.87. The highest BCUT2D eigenvalue weighted by Crippen LogP contribution is 2.36. The number of sulfonamides is 1. The number of carbonyl (C=O) groups is 1. The predicted molar refractivity (Wildman–Crippen MR) is 125 cm³/mol. The number of ether oxygens (including phenoxy) is 2. The Hall–Kier alpha value is -1.76. The zero-order chi connectivity index (χ0) is 23.0. The third-order valence-electron chi connectivity index (χ3n) is 4.81. The minimum Gasteiger partial charge on any atom is -0.493 e. The normalized spacial score (nSPS) is 14.5. The van der Waals surface area contributed by atoms with Crippen molar-refractivity contribution >= 4 is 31.9 Å². The molecule has 1 saturated carbocycles. The molecule has 1 fully saturated rings. The van der Waals surface area contributed by atoms with Gasteiger partial charge in [-0.05, 0) is 65.7 Å². The van der Waals surface area contributed by atoms with E-state index in [1.54, 1.807) is 21.0 Å². The molecule has 1 aromatic carbocycles. The molecule has 2 N–H and O–H groups in total. The standard InChI is InChI=1S/C22H31BrN2O5S/c1-5-31(27,28)25-20(15(2)3)22(26)24-11-10-17-13-18(23)21(19(14-17)29-4)30-12-6-7-16-8-9-16/h13-16,20,25H,5,8-12H2,1-4H3,(H,24,26). The maximum Gasteiger partial charge on any atom is 0.238 e. The lowest BCUT2D eigenvalue weighted by Gasteiger charge is -2.21. The number of benzene rings is 1. The summed E-state index contributed by atoms with van der Waals surface area (Å²) in [6.07, 6.45) is 2.90. The highest BCUT2D eigenvalue weighted by molar-refractivity contribution is 9.10. The van der Waals surface area contributed by atoms with Gasteiger partial charge in [0.15, 0.2) is 11.5 Å². The molecular formula is C22H31BrN2O5S. The van der Waals surface area contributed by atoms with Crippen molar-refractivity contribution in [2.24, 2.45) is 11.8 Å². The van der Waals surface area contributed by atoms with Crippen molar-refractivity contribution in [3.05, 3.63) is 22.2 Å². The molecule has 1 aliphatic carbocycles. The average molecular weight is 515 g/mol. The van der Waals surface area contributed by atoms with Gasteiger partial charge in [-0.1, -0.05) is 25.7 Å².